The van der Waals surface area contributed by atoms with E-state index < -0.39 is 0 Å². The molecule has 0 aliphatic rings. The number of anilines is 1. The van der Waals surface area contributed by atoms with E-state index >= 15 is 0 Å². The molecule has 1 amide bonds. The minimum atomic E-state index is -0.287. The Bertz CT molecular complexity index is 1390. The van der Waals surface area contributed by atoms with Gasteiger partial charge in [0.05, 0.1) is 5.56 Å². The van der Waals surface area contributed by atoms with Crippen LogP contribution in [0.2, 0.25) is 0 Å². The molecule has 0 bridgehead atoms. The Morgan fingerprint density at radius 1 is 1.12 bits per heavy atom. The third kappa shape index (κ3) is 4.94. The number of nitrogens with zero attached hydrogens (tertiary/aromatic N) is 1. The molecule has 0 spiro atoms. The van der Waals surface area contributed by atoms with Crippen LogP contribution in [0.5, 0.6) is 5.75 Å². The quantitative estimate of drug-likeness (QED) is 0.228. The molecular formula is C27H27N3O3S. The summed E-state index contributed by atoms with van der Waals surface area (Å²) < 4.78 is 5.91. The van der Waals surface area contributed by atoms with Gasteiger partial charge in [-0.25, -0.2) is 4.98 Å². The van der Waals surface area contributed by atoms with Crippen molar-refractivity contribution in [2.24, 2.45) is 0 Å². The zero-order valence-corrected chi connectivity index (χ0v) is 20.4. The summed E-state index contributed by atoms with van der Waals surface area (Å²) in [5.74, 6) is 0.475. The van der Waals surface area contributed by atoms with Gasteiger partial charge in [0.25, 0.3) is 5.91 Å². The van der Waals surface area contributed by atoms with Gasteiger partial charge >= 0.3 is 0 Å². The Morgan fingerprint density at radius 3 is 2.65 bits per heavy atom. The van der Waals surface area contributed by atoms with Crippen LogP contribution < -0.4 is 10.6 Å². The number of aromatic hydroxyl groups is 1. The molecule has 6 nitrogen and oxygen atoms in total. The molecule has 1 heterocycles. The number of phenols is 1. The number of oxazole rings is 1. The van der Waals surface area contributed by atoms with E-state index in [1.54, 1.807) is 18.2 Å². The van der Waals surface area contributed by atoms with Gasteiger partial charge in [-0.1, -0.05) is 37.6 Å². The van der Waals surface area contributed by atoms with E-state index in [1.807, 2.05) is 44.2 Å². The van der Waals surface area contributed by atoms with Crippen LogP contribution in [0.1, 0.15) is 53.2 Å². The highest BCUT2D eigenvalue weighted by Gasteiger charge is 2.16. The van der Waals surface area contributed by atoms with Crippen molar-refractivity contribution in [1.82, 2.24) is 10.3 Å². The molecule has 1 atom stereocenters. The van der Waals surface area contributed by atoms with Crippen LogP contribution in [0.3, 0.4) is 0 Å². The largest absolute Gasteiger partial charge is 0.507 e. The summed E-state index contributed by atoms with van der Waals surface area (Å²) >= 11 is 5.33. The summed E-state index contributed by atoms with van der Waals surface area (Å²) in [7, 11) is 0. The van der Waals surface area contributed by atoms with Crippen molar-refractivity contribution in [3.05, 3.63) is 76.9 Å². The number of benzene rings is 3. The number of aromatic nitrogens is 1. The van der Waals surface area contributed by atoms with E-state index in [0.29, 0.717) is 34.2 Å². The second-order valence-electron chi connectivity index (χ2n) is 8.51. The van der Waals surface area contributed by atoms with Gasteiger partial charge < -0.3 is 14.8 Å². The molecule has 3 aromatic carbocycles. The molecule has 174 valence electrons. The number of hydrogen-bond acceptors (Lipinski definition) is 5. The fraction of sp³-hybridized carbons (Fsp3) is 0.222. The minimum Gasteiger partial charge on any atom is -0.507 e. The Labute approximate surface area is 204 Å². The zero-order valence-electron chi connectivity index (χ0n) is 19.6. The summed E-state index contributed by atoms with van der Waals surface area (Å²) in [6.45, 7) is 8.18. The first kappa shape index (κ1) is 23.4. The third-order valence-corrected chi connectivity index (χ3v) is 6.14. The van der Waals surface area contributed by atoms with Crippen LogP contribution in [0.25, 0.3) is 22.6 Å². The highest BCUT2D eigenvalue weighted by molar-refractivity contribution is 7.80. The van der Waals surface area contributed by atoms with Gasteiger partial charge in [0.1, 0.15) is 11.3 Å². The molecule has 3 N–H and O–H groups in total. The van der Waals surface area contributed by atoms with Crippen LogP contribution in [0.15, 0.2) is 59.0 Å². The van der Waals surface area contributed by atoms with Crippen molar-refractivity contribution in [3.8, 4) is 17.2 Å². The molecule has 34 heavy (non-hydrogen) atoms. The summed E-state index contributed by atoms with van der Waals surface area (Å²) in [6, 6.07) is 16.5. The van der Waals surface area contributed by atoms with Gasteiger partial charge in [-0.15, -0.1) is 0 Å². The average Bonchev–Trinajstić information content (AvgIpc) is 3.22. The van der Waals surface area contributed by atoms with Crippen molar-refractivity contribution >= 4 is 40.0 Å². The number of amides is 1. The minimum absolute atomic E-state index is 0.0319. The van der Waals surface area contributed by atoms with Gasteiger partial charge in [0, 0.05) is 11.3 Å². The number of thiocarbonyl (C=S) groups is 1. The van der Waals surface area contributed by atoms with E-state index in [0.717, 1.165) is 23.1 Å². The highest BCUT2D eigenvalue weighted by Crippen LogP contribution is 2.34. The molecule has 7 heteroatoms. The maximum atomic E-state index is 12.6. The van der Waals surface area contributed by atoms with Gasteiger partial charge in [0.15, 0.2) is 10.7 Å². The lowest BCUT2D eigenvalue weighted by Gasteiger charge is -2.12. The molecule has 0 fully saturated rings. The van der Waals surface area contributed by atoms with E-state index in [9.17, 15) is 9.90 Å². The molecule has 1 aromatic heterocycles. The van der Waals surface area contributed by atoms with E-state index in [4.69, 9.17) is 16.6 Å². The third-order valence-electron chi connectivity index (χ3n) is 5.93. The van der Waals surface area contributed by atoms with Crippen LogP contribution in [-0.4, -0.2) is 21.1 Å². The molecule has 4 aromatic rings. The molecule has 0 radical (unpaired) electrons. The van der Waals surface area contributed by atoms with Crippen LogP contribution >= 0.6 is 12.2 Å². The van der Waals surface area contributed by atoms with Crippen molar-refractivity contribution in [3.63, 3.8) is 0 Å². The van der Waals surface area contributed by atoms with Crippen molar-refractivity contribution in [1.29, 1.82) is 0 Å². The summed E-state index contributed by atoms with van der Waals surface area (Å²) in [4.78, 5) is 17.2. The number of rotatable bonds is 5. The van der Waals surface area contributed by atoms with Gasteiger partial charge in [0.2, 0.25) is 5.89 Å². The van der Waals surface area contributed by atoms with Crippen molar-refractivity contribution in [2.75, 3.05) is 5.32 Å². The van der Waals surface area contributed by atoms with E-state index in [2.05, 4.69) is 29.5 Å². The monoisotopic (exact) mass is 473 g/mol. The van der Waals surface area contributed by atoms with Crippen molar-refractivity contribution < 1.29 is 14.3 Å². The lowest BCUT2D eigenvalue weighted by Crippen LogP contribution is -2.34. The van der Waals surface area contributed by atoms with E-state index in [-0.39, 0.29) is 16.8 Å². The molecule has 4 rings (SSSR count). The first-order chi connectivity index (χ1) is 16.2. The maximum absolute atomic E-state index is 12.6. The van der Waals surface area contributed by atoms with Crippen molar-refractivity contribution in [2.45, 2.75) is 40.0 Å². The van der Waals surface area contributed by atoms with Gasteiger partial charge in [-0.05, 0) is 85.9 Å². The first-order valence-electron chi connectivity index (χ1n) is 11.2. The Kier molecular flexibility index (Phi) is 6.65. The second-order valence-corrected chi connectivity index (χ2v) is 8.92. The SMILES string of the molecule is CC[C@H](C)c1ccc2oc(-c3cc(NC(=S)NC(=O)c4ccc(C)cc4C)ccc3O)nc2c1. The molecule has 0 saturated heterocycles. The number of hydrogen-bond donors (Lipinski definition) is 3. The number of fused-ring (bicyclic) bond motifs is 1. The molecule has 0 saturated carbocycles. The average molecular weight is 474 g/mol. The molecular weight excluding hydrogens is 446 g/mol. The van der Waals surface area contributed by atoms with Crippen LogP contribution in [-0.2, 0) is 0 Å². The Hall–Kier alpha value is -3.71. The standard InChI is InChI=1S/C27H27N3O3S/c1-5-16(3)18-7-11-24-22(13-18)29-26(33-24)21-14-19(8-10-23(21)31)28-27(34)30-25(32)20-9-6-15(2)12-17(20)4/h6-14,16,31H,5H2,1-4H3,(H2,28,30,32,34)/t16-/m0/s1. The number of carbonyl (C=O) groups excluding carboxylic acids is 1. The van der Waals surface area contributed by atoms with E-state index in [1.165, 1.54) is 11.6 Å². The smallest absolute Gasteiger partial charge is 0.257 e. The normalized spacial score (nSPS) is 11.9. The fourth-order valence-corrected chi connectivity index (χ4v) is 4.00. The Morgan fingerprint density at radius 2 is 1.91 bits per heavy atom. The predicted molar refractivity (Wildman–Crippen MR) is 139 cm³/mol. The number of aryl methyl sites for hydroxylation is 2. The zero-order chi connectivity index (χ0) is 24.4. The number of phenolic OH excluding ortho intramolecular Hbond substituents is 1. The second kappa shape index (κ2) is 9.65. The van der Waals surface area contributed by atoms with Gasteiger partial charge in [-0.2, -0.15) is 0 Å². The molecule has 0 aliphatic heterocycles. The molecule has 0 unspecified atom stereocenters. The number of carbonyl (C=O) groups is 1. The first-order valence-corrected chi connectivity index (χ1v) is 11.6. The lowest BCUT2D eigenvalue weighted by atomic mass is 9.98. The maximum Gasteiger partial charge on any atom is 0.257 e. The summed E-state index contributed by atoms with van der Waals surface area (Å²) in [5, 5.41) is 16.3. The van der Waals surface area contributed by atoms with Crippen LogP contribution in [0, 0.1) is 13.8 Å². The summed E-state index contributed by atoms with van der Waals surface area (Å²) in [5.41, 5.74) is 6.11. The topological polar surface area (TPSA) is 87.4 Å². The predicted octanol–water partition coefficient (Wildman–Crippen LogP) is 6.46. The van der Waals surface area contributed by atoms with Crippen LogP contribution in [0.4, 0.5) is 5.69 Å². The molecule has 0 aliphatic carbocycles. The summed E-state index contributed by atoms with van der Waals surface area (Å²) in [6.07, 6.45) is 1.03. The fourth-order valence-electron chi connectivity index (χ4n) is 3.79. The number of nitrogens with one attached hydrogen (secondary N) is 2. The lowest BCUT2D eigenvalue weighted by molar-refractivity contribution is 0.0977. The highest BCUT2D eigenvalue weighted by atomic mass is 32.1. The van der Waals surface area contributed by atoms with Gasteiger partial charge in [-0.3, -0.25) is 10.1 Å². The Balaban J connectivity index is 1.54.